The summed E-state index contributed by atoms with van der Waals surface area (Å²) in [5, 5.41) is 9.63. The molecule has 96 valence electrons. The molecule has 1 saturated heterocycles. The number of rotatable bonds is 3. The van der Waals surface area contributed by atoms with Gasteiger partial charge in [0.15, 0.2) is 0 Å². The molecule has 2 rings (SSSR count). The molecule has 0 bridgehead atoms. The van der Waals surface area contributed by atoms with Gasteiger partial charge in [0.1, 0.15) is 11.5 Å². The van der Waals surface area contributed by atoms with Crippen molar-refractivity contribution >= 4 is 11.7 Å². The fraction of sp³-hybridized carbons (Fsp3) is 0.462. The summed E-state index contributed by atoms with van der Waals surface area (Å²) in [6, 6.07) is 1.46. The topological polar surface area (TPSA) is 70.5 Å². The van der Waals surface area contributed by atoms with Gasteiger partial charge < -0.3 is 10.0 Å². The second kappa shape index (κ2) is 5.16. The molecule has 1 aromatic rings. The molecule has 0 saturated carbocycles. The van der Waals surface area contributed by atoms with E-state index in [1.807, 2.05) is 0 Å². The minimum absolute atomic E-state index is 0.0393. The van der Waals surface area contributed by atoms with Crippen LogP contribution in [0.15, 0.2) is 18.5 Å². The first-order chi connectivity index (χ1) is 8.59. The monoisotopic (exact) mass is 248 g/mol. The Hall–Kier alpha value is -1.91. The van der Waals surface area contributed by atoms with Crippen molar-refractivity contribution in [3.05, 3.63) is 24.0 Å². The Labute approximate surface area is 105 Å². The van der Waals surface area contributed by atoms with Gasteiger partial charge in [0.05, 0.1) is 11.8 Å². The lowest BCUT2D eigenvalue weighted by atomic mass is 10.1. The summed E-state index contributed by atoms with van der Waals surface area (Å²) in [6.45, 7) is 2.17. The SMILES string of the molecule is CC(=O)CC1CCCN1C(=O)c1ccncc1O. The van der Waals surface area contributed by atoms with Gasteiger partial charge in [-0.2, -0.15) is 0 Å². The maximum absolute atomic E-state index is 12.3. The average Bonchev–Trinajstić information content (AvgIpc) is 2.76. The van der Waals surface area contributed by atoms with Crippen molar-refractivity contribution in [2.45, 2.75) is 32.2 Å². The third-order valence-corrected chi connectivity index (χ3v) is 3.19. The fourth-order valence-corrected chi connectivity index (χ4v) is 2.37. The molecule has 18 heavy (non-hydrogen) atoms. The van der Waals surface area contributed by atoms with Crippen LogP contribution in [-0.4, -0.2) is 39.3 Å². The van der Waals surface area contributed by atoms with Crippen LogP contribution in [-0.2, 0) is 4.79 Å². The van der Waals surface area contributed by atoms with Crippen LogP contribution >= 0.6 is 0 Å². The lowest BCUT2D eigenvalue weighted by Gasteiger charge is -2.24. The summed E-state index contributed by atoms with van der Waals surface area (Å²) in [4.78, 5) is 28.9. The number of aromatic hydroxyl groups is 1. The van der Waals surface area contributed by atoms with E-state index in [0.29, 0.717) is 13.0 Å². The van der Waals surface area contributed by atoms with Crippen molar-refractivity contribution in [1.29, 1.82) is 0 Å². The Kier molecular flexibility index (Phi) is 3.60. The van der Waals surface area contributed by atoms with E-state index in [1.165, 1.54) is 25.4 Å². The minimum Gasteiger partial charge on any atom is -0.505 e. The second-order valence-electron chi connectivity index (χ2n) is 4.59. The third kappa shape index (κ3) is 2.50. The summed E-state index contributed by atoms with van der Waals surface area (Å²) < 4.78 is 0. The van der Waals surface area contributed by atoms with Crippen molar-refractivity contribution in [2.24, 2.45) is 0 Å². The number of carbonyl (C=O) groups is 2. The second-order valence-corrected chi connectivity index (χ2v) is 4.59. The number of hydrogen-bond donors (Lipinski definition) is 1. The van der Waals surface area contributed by atoms with Crippen LogP contribution in [0.25, 0.3) is 0 Å². The molecule has 5 heteroatoms. The van der Waals surface area contributed by atoms with Crippen LogP contribution in [0.5, 0.6) is 5.75 Å². The number of likely N-dealkylation sites (tertiary alicyclic amines) is 1. The molecule has 1 aromatic heterocycles. The van der Waals surface area contributed by atoms with Crippen LogP contribution < -0.4 is 0 Å². The normalized spacial score (nSPS) is 18.9. The molecule has 1 N–H and O–H groups in total. The maximum atomic E-state index is 12.3. The summed E-state index contributed by atoms with van der Waals surface area (Å²) in [6.07, 6.45) is 4.86. The van der Waals surface area contributed by atoms with Gasteiger partial charge in [-0.3, -0.25) is 14.6 Å². The highest BCUT2D eigenvalue weighted by molar-refractivity contribution is 5.97. The van der Waals surface area contributed by atoms with Crippen LogP contribution in [0.3, 0.4) is 0 Å². The van der Waals surface area contributed by atoms with Gasteiger partial charge in [0.2, 0.25) is 0 Å². The first kappa shape index (κ1) is 12.5. The summed E-state index contributed by atoms with van der Waals surface area (Å²) in [5.41, 5.74) is 0.250. The number of ketones is 1. The van der Waals surface area contributed by atoms with E-state index in [9.17, 15) is 14.7 Å². The molecule has 0 spiro atoms. The molecule has 1 unspecified atom stereocenters. The smallest absolute Gasteiger partial charge is 0.257 e. The zero-order valence-corrected chi connectivity index (χ0v) is 10.3. The van der Waals surface area contributed by atoms with E-state index in [1.54, 1.807) is 4.90 Å². The van der Waals surface area contributed by atoms with Crippen LogP contribution in [0, 0.1) is 0 Å². The summed E-state index contributed by atoms with van der Waals surface area (Å²) in [5.74, 6) is -0.256. The largest absolute Gasteiger partial charge is 0.505 e. The zero-order chi connectivity index (χ0) is 13.1. The maximum Gasteiger partial charge on any atom is 0.257 e. The molecule has 5 nitrogen and oxygen atoms in total. The van der Waals surface area contributed by atoms with Gasteiger partial charge in [-0.15, -0.1) is 0 Å². The number of nitrogens with zero attached hydrogens (tertiary/aromatic N) is 2. The fourth-order valence-electron chi connectivity index (χ4n) is 2.37. The predicted molar refractivity (Wildman–Crippen MR) is 65.3 cm³/mol. The number of aromatic nitrogens is 1. The number of amides is 1. The molecular weight excluding hydrogens is 232 g/mol. The lowest BCUT2D eigenvalue weighted by molar-refractivity contribution is -0.117. The first-order valence-corrected chi connectivity index (χ1v) is 6.03. The average molecular weight is 248 g/mol. The quantitative estimate of drug-likeness (QED) is 0.877. The highest BCUT2D eigenvalue weighted by Crippen LogP contribution is 2.25. The van der Waals surface area contributed by atoms with Crippen LogP contribution in [0.1, 0.15) is 36.5 Å². The van der Waals surface area contributed by atoms with Crippen LogP contribution in [0.2, 0.25) is 0 Å². The van der Waals surface area contributed by atoms with Gasteiger partial charge in [0.25, 0.3) is 5.91 Å². The van der Waals surface area contributed by atoms with E-state index in [2.05, 4.69) is 4.98 Å². The van der Waals surface area contributed by atoms with Gasteiger partial charge >= 0.3 is 0 Å². The van der Waals surface area contributed by atoms with Gasteiger partial charge in [-0.25, -0.2) is 0 Å². The molecule has 1 fully saturated rings. The minimum atomic E-state index is -0.223. The van der Waals surface area contributed by atoms with Crippen molar-refractivity contribution in [3.8, 4) is 5.75 Å². The van der Waals surface area contributed by atoms with E-state index in [4.69, 9.17) is 0 Å². The molecule has 1 atom stereocenters. The lowest BCUT2D eigenvalue weighted by Crippen LogP contribution is -2.36. The highest BCUT2D eigenvalue weighted by atomic mass is 16.3. The predicted octanol–water partition coefficient (Wildman–Crippen LogP) is 1.37. The molecule has 1 aliphatic rings. The number of hydrogen-bond acceptors (Lipinski definition) is 4. The molecule has 2 heterocycles. The Morgan fingerprint density at radius 2 is 2.33 bits per heavy atom. The molecular formula is C13H16N2O3. The first-order valence-electron chi connectivity index (χ1n) is 6.03. The van der Waals surface area contributed by atoms with Crippen LogP contribution in [0.4, 0.5) is 0 Å². The standard InChI is InChI=1S/C13H16N2O3/c1-9(16)7-10-3-2-6-15(10)13(18)11-4-5-14-8-12(11)17/h4-5,8,10,17H,2-3,6-7H2,1H3. The number of pyridine rings is 1. The molecule has 0 radical (unpaired) electrons. The number of Topliss-reactive ketones (excluding diaryl/α,β-unsaturated/α-hetero) is 1. The van der Waals surface area contributed by atoms with E-state index in [0.717, 1.165) is 12.8 Å². The summed E-state index contributed by atoms with van der Waals surface area (Å²) in [7, 11) is 0. The third-order valence-electron chi connectivity index (χ3n) is 3.19. The van der Waals surface area contributed by atoms with Gasteiger partial charge in [0, 0.05) is 25.2 Å². The molecule has 1 amide bonds. The molecule has 1 aliphatic heterocycles. The van der Waals surface area contributed by atoms with E-state index < -0.39 is 0 Å². The van der Waals surface area contributed by atoms with Crippen molar-refractivity contribution in [1.82, 2.24) is 9.88 Å². The van der Waals surface area contributed by atoms with Crippen molar-refractivity contribution < 1.29 is 14.7 Å². The molecule has 0 aliphatic carbocycles. The summed E-state index contributed by atoms with van der Waals surface area (Å²) >= 11 is 0. The van der Waals surface area contributed by atoms with Crippen molar-refractivity contribution in [2.75, 3.05) is 6.54 Å². The Morgan fingerprint density at radius 1 is 1.56 bits per heavy atom. The van der Waals surface area contributed by atoms with Gasteiger partial charge in [-0.05, 0) is 25.8 Å². The van der Waals surface area contributed by atoms with Crippen molar-refractivity contribution in [3.63, 3.8) is 0 Å². The Balaban J connectivity index is 2.18. The Morgan fingerprint density at radius 3 is 3.00 bits per heavy atom. The van der Waals surface area contributed by atoms with E-state index in [-0.39, 0.29) is 29.0 Å². The van der Waals surface area contributed by atoms with Gasteiger partial charge in [-0.1, -0.05) is 0 Å². The Bertz CT molecular complexity index is 473. The molecule has 0 aromatic carbocycles. The highest BCUT2D eigenvalue weighted by Gasteiger charge is 2.31. The zero-order valence-electron chi connectivity index (χ0n) is 10.3. The number of carbonyl (C=O) groups excluding carboxylic acids is 2. The van der Waals surface area contributed by atoms with E-state index >= 15 is 0 Å².